The highest BCUT2D eigenvalue weighted by atomic mass is 79.9. The molecular weight excluding hydrogens is 308 g/mol. The van der Waals surface area contributed by atoms with Gasteiger partial charge in [-0.2, -0.15) is 0 Å². The fraction of sp³-hybridized carbons (Fsp3) is 0. The Hall–Kier alpha value is -0.740. The maximum Gasteiger partial charge on any atom is 0.160 e. The molecule has 2 aromatic rings. The molecule has 0 saturated heterocycles. The molecule has 2 nitrogen and oxygen atoms in total. The Morgan fingerprint density at radius 2 is 1.57 bits per heavy atom. The molecule has 1 aromatic heterocycles. The van der Waals surface area contributed by atoms with Gasteiger partial charge in [-0.05, 0) is 22.0 Å². The Bertz CT molecular complexity index is 440. The van der Waals surface area contributed by atoms with Gasteiger partial charge in [0.1, 0.15) is 0 Å². The fourth-order valence-corrected chi connectivity index (χ4v) is 1.76. The molecule has 1 aromatic carbocycles. The third kappa shape index (κ3) is 2.01. The van der Waals surface area contributed by atoms with Crippen LogP contribution in [0.3, 0.4) is 0 Å². The molecule has 0 radical (unpaired) electrons. The van der Waals surface area contributed by atoms with Gasteiger partial charge in [0.2, 0.25) is 0 Å². The predicted octanol–water partition coefficient (Wildman–Crippen LogP) is 3.67. The van der Waals surface area contributed by atoms with Gasteiger partial charge in [0.25, 0.3) is 0 Å². The second-order valence-corrected chi connectivity index (χ2v) is 4.47. The van der Waals surface area contributed by atoms with Crippen LogP contribution in [0.1, 0.15) is 0 Å². The molecule has 0 aliphatic heterocycles. The van der Waals surface area contributed by atoms with Crippen molar-refractivity contribution >= 4 is 31.9 Å². The molecule has 1 heterocycles. The molecule has 0 bridgehead atoms. The zero-order chi connectivity index (χ0) is 9.97. The van der Waals surface area contributed by atoms with Crippen molar-refractivity contribution in [1.29, 1.82) is 0 Å². The van der Waals surface area contributed by atoms with Gasteiger partial charge in [0, 0.05) is 22.4 Å². The van der Waals surface area contributed by atoms with E-state index in [0.717, 1.165) is 20.3 Å². The number of halogens is 2. The van der Waals surface area contributed by atoms with Crippen molar-refractivity contribution in [2.45, 2.75) is 0 Å². The predicted molar refractivity (Wildman–Crippen MR) is 62.9 cm³/mol. The normalized spacial score (nSPS) is 10.1. The summed E-state index contributed by atoms with van der Waals surface area (Å²) in [6.45, 7) is 0. The van der Waals surface area contributed by atoms with Crippen molar-refractivity contribution in [2.24, 2.45) is 0 Å². The first-order valence-electron chi connectivity index (χ1n) is 4.00. The van der Waals surface area contributed by atoms with Crippen molar-refractivity contribution in [3.05, 3.63) is 45.6 Å². The third-order valence-corrected chi connectivity index (χ3v) is 2.84. The van der Waals surface area contributed by atoms with Crippen LogP contribution in [0.15, 0.2) is 45.6 Å². The fourth-order valence-electron chi connectivity index (χ4n) is 1.09. The average Bonchev–Trinajstić information content (AvgIpc) is 2.20. The van der Waals surface area contributed by atoms with Crippen LogP contribution in [0.4, 0.5) is 0 Å². The molecule has 0 aliphatic rings. The van der Waals surface area contributed by atoms with E-state index in [2.05, 4.69) is 41.8 Å². The number of benzene rings is 1. The van der Waals surface area contributed by atoms with Crippen molar-refractivity contribution in [2.75, 3.05) is 0 Å². The van der Waals surface area contributed by atoms with Gasteiger partial charge in [-0.15, -0.1) is 0 Å². The number of nitrogens with zero attached hydrogens (tertiary/aromatic N) is 2. The van der Waals surface area contributed by atoms with Crippen LogP contribution in [-0.4, -0.2) is 9.97 Å². The Morgan fingerprint density at radius 1 is 0.929 bits per heavy atom. The Kier molecular flexibility index (Phi) is 2.93. The molecule has 0 fully saturated rings. The maximum absolute atomic E-state index is 4.22. The van der Waals surface area contributed by atoms with Crippen molar-refractivity contribution in [1.82, 2.24) is 9.97 Å². The highest BCUT2D eigenvalue weighted by Gasteiger charge is 2.03. The molecule has 70 valence electrons. The van der Waals surface area contributed by atoms with Crippen LogP contribution in [0.5, 0.6) is 0 Å². The number of rotatable bonds is 1. The van der Waals surface area contributed by atoms with E-state index >= 15 is 0 Å². The molecule has 14 heavy (non-hydrogen) atoms. The molecule has 0 unspecified atom stereocenters. The summed E-state index contributed by atoms with van der Waals surface area (Å²) in [4.78, 5) is 8.44. The van der Waals surface area contributed by atoms with E-state index in [1.165, 1.54) is 0 Å². The van der Waals surface area contributed by atoms with Crippen LogP contribution in [0.2, 0.25) is 0 Å². The molecule has 0 N–H and O–H groups in total. The second-order valence-electron chi connectivity index (χ2n) is 2.70. The van der Waals surface area contributed by atoms with Gasteiger partial charge in [-0.1, -0.05) is 34.1 Å². The molecule has 0 saturated carbocycles. The lowest BCUT2D eigenvalue weighted by atomic mass is 10.2. The van der Waals surface area contributed by atoms with E-state index in [-0.39, 0.29) is 0 Å². The van der Waals surface area contributed by atoms with Gasteiger partial charge < -0.3 is 0 Å². The van der Waals surface area contributed by atoms with E-state index in [4.69, 9.17) is 0 Å². The highest BCUT2D eigenvalue weighted by Crippen LogP contribution is 2.24. The molecule has 0 atom stereocenters. The first-order chi connectivity index (χ1) is 6.77. The lowest BCUT2D eigenvalue weighted by Crippen LogP contribution is -1.88. The van der Waals surface area contributed by atoms with E-state index < -0.39 is 0 Å². The van der Waals surface area contributed by atoms with E-state index in [1.807, 2.05) is 24.3 Å². The van der Waals surface area contributed by atoms with Crippen LogP contribution in [-0.2, 0) is 0 Å². The quantitative estimate of drug-likeness (QED) is 0.803. The molecule has 2 rings (SSSR count). The van der Waals surface area contributed by atoms with Gasteiger partial charge in [-0.3, -0.25) is 0 Å². The molecule has 0 amide bonds. The minimum Gasteiger partial charge on any atom is -0.235 e. The standard InChI is InChI=1S/C10H6Br2N2/c11-7-5-13-10(14-6-7)8-3-1-2-4-9(8)12/h1-6H. The van der Waals surface area contributed by atoms with Crippen LogP contribution < -0.4 is 0 Å². The summed E-state index contributed by atoms with van der Waals surface area (Å²) in [5.41, 5.74) is 1.00. The van der Waals surface area contributed by atoms with Crippen molar-refractivity contribution in [3.63, 3.8) is 0 Å². The number of hydrogen-bond donors (Lipinski definition) is 0. The molecule has 0 spiro atoms. The maximum atomic E-state index is 4.22. The summed E-state index contributed by atoms with van der Waals surface area (Å²) in [6.07, 6.45) is 3.48. The Labute approximate surface area is 98.7 Å². The molecule has 0 aliphatic carbocycles. The van der Waals surface area contributed by atoms with Gasteiger partial charge in [-0.25, -0.2) is 9.97 Å². The van der Waals surface area contributed by atoms with Crippen LogP contribution >= 0.6 is 31.9 Å². The Morgan fingerprint density at radius 3 is 2.21 bits per heavy atom. The summed E-state index contributed by atoms with van der Waals surface area (Å²) < 4.78 is 1.88. The number of hydrogen-bond acceptors (Lipinski definition) is 2. The average molecular weight is 314 g/mol. The second kappa shape index (κ2) is 4.19. The summed E-state index contributed by atoms with van der Waals surface area (Å²) in [7, 11) is 0. The summed E-state index contributed by atoms with van der Waals surface area (Å²) in [5, 5.41) is 0. The zero-order valence-electron chi connectivity index (χ0n) is 7.11. The summed E-state index contributed by atoms with van der Waals surface area (Å²) in [6, 6.07) is 7.88. The monoisotopic (exact) mass is 312 g/mol. The van der Waals surface area contributed by atoms with Crippen molar-refractivity contribution < 1.29 is 0 Å². The third-order valence-electron chi connectivity index (χ3n) is 1.74. The largest absolute Gasteiger partial charge is 0.235 e. The smallest absolute Gasteiger partial charge is 0.160 e. The van der Waals surface area contributed by atoms with Crippen LogP contribution in [0, 0.1) is 0 Å². The van der Waals surface area contributed by atoms with E-state index in [1.54, 1.807) is 12.4 Å². The first kappa shape index (κ1) is 9.80. The zero-order valence-corrected chi connectivity index (χ0v) is 10.3. The minimum atomic E-state index is 0.723. The SMILES string of the molecule is Brc1cnc(-c2ccccc2Br)nc1. The van der Waals surface area contributed by atoms with Gasteiger partial charge in [0.15, 0.2) is 5.82 Å². The lowest BCUT2D eigenvalue weighted by molar-refractivity contribution is 1.16. The van der Waals surface area contributed by atoms with E-state index in [0.29, 0.717) is 0 Å². The topological polar surface area (TPSA) is 25.8 Å². The van der Waals surface area contributed by atoms with Crippen molar-refractivity contribution in [3.8, 4) is 11.4 Å². The lowest BCUT2D eigenvalue weighted by Gasteiger charge is -2.01. The summed E-state index contributed by atoms with van der Waals surface area (Å²) in [5.74, 6) is 0.723. The molecular formula is C10H6Br2N2. The van der Waals surface area contributed by atoms with E-state index in [9.17, 15) is 0 Å². The summed E-state index contributed by atoms with van der Waals surface area (Å²) >= 11 is 6.76. The Balaban J connectivity index is 2.50. The molecule has 4 heteroatoms. The minimum absolute atomic E-state index is 0.723. The first-order valence-corrected chi connectivity index (χ1v) is 5.58. The van der Waals surface area contributed by atoms with Crippen LogP contribution in [0.25, 0.3) is 11.4 Å². The van der Waals surface area contributed by atoms with Gasteiger partial charge in [0.05, 0.1) is 4.47 Å². The highest BCUT2D eigenvalue weighted by molar-refractivity contribution is 9.10. The van der Waals surface area contributed by atoms with Gasteiger partial charge >= 0.3 is 0 Å². The number of aromatic nitrogens is 2.